The molecular weight excluding hydrogens is 306 g/mol. The summed E-state index contributed by atoms with van der Waals surface area (Å²) in [7, 11) is 0. The van der Waals surface area contributed by atoms with Crippen LogP contribution in [0.4, 0.5) is 0 Å². The molecule has 0 radical (unpaired) electrons. The van der Waals surface area contributed by atoms with E-state index in [2.05, 4.69) is 31.1 Å². The first-order valence-electron chi connectivity index (χ1n) is 5.68. The van der Waals surface area contributed by atoms with Gasteiger partial charge in [-0.1, -0.05) is 15.9 Å². The highest BCUT2D eigenvalue weighted by Crippen LogP contribution is 2.33. The van der Waals surface area contributed by atoms with Crippen LogP contribution in [0.2, 0.25) is 0 Å². The zero-order valence-corrected chi connectivity index (χ0v) is 11.4. The molecule has 0 saturated heterocycles. The van der Waals surface area contributed by atoms with Gasteiger partial charge < -0.3 is 5.11 Å². The summed E-state index contributed by atoms with van der Waals surface area (Å²) in [5.41, 5.74) is 3.73. The van der Waals surface area contributed by atoms with Crippen LogP contribution in [0.1, 0.15) is 0 Å². The molecule has 0 aliphatic heterocycles. The van der Waals surface area contributed by atoms with Crippen LogP contribution < -0.4 is 0 Å². The van der Waals surface area contributed by atoms with E-state index >= 15 is 0 Å². The number of aromatic hydroxyl groups is 1. The van der Waals surface area contributed by atoms with Crippen LogP contribution in [0.3, 0.4) is 0 Å². The fraction of sp³-hybridized carbons (Fsp3) is 0. The zero-order valence-electron chi connectivity index (χ0n) is 9.84. The van der Waals surface area contributed by atoms with Crippen molar-refractivity contribution >= 4 is 15.9 Å². The molecule has 0 spiro atoms. The molecule has 0 aliphatic rings. The fourth-order valence-corrected chi connectivity index (χ4v) is 2.46. The van der Waals surface area contributed by atoms with Gasteiger partial charge in [0.25, 0.3) is 0 Å². The van der Waals surface area contributed by atoms with Crippen LogP contribution in [0, 0.1) is 0 Å². The molecule has 4 nitrogen and oxygen atoms in total. The number of aromatic nitrogens is 3. The van der Waals surface area contributed by atoms with Crippen LogP contribution in [-0.4, -0.2) is 20.3 Å². The van der Waals surface area contributed by atoms with E-state index in [4.69, 9.17) is 0 Å². The van der Waals surface area contributed by atoms with E-state index in [1.807, 2.05) is 18.2 Å². The molecule has 0 unspecified atom stereocenters. The van der Waals surface area contributed by atoms with E-state index in [-0.39, 0.29) is 5.75 Å². The molecule has 2 N–H and O–H groups in total. The number of benzene rings is 1. The van der Waals surface area contributed by atoms with Gasteiger partial charge in [-0.3, -0.25) is 10.1 Å². The maximum absolute atomic E-state index is 9.68. The number of pyridine rings is 1. The van der Waals surface area contributed by atoms with Crippen molar-refractivity contribution in [2.24, 2.45) is 0 Å². The van der Waals surface area contributed by atoms with Gasteiger partial charge in [-0.05, 0) is 35.9 Å². The largest absolute Gasteiger partial charge is 0.508 e. The normalized spacial score (nSPS) is 10.6. The summed E-state index contributed by atoms with van der Waals surface area (Å²) in [5, 5.41) is 16.7. The standard InChI is InChI=1S/C14H10BrN3O/c15-11-5-10(6-12(19)7-11)14-13(8-17-18-14)9-1-3-16-4-2-9/h1-8,19H,(H,17,18). The maximum Gasteiger partial charge on any atom is 0.117 e. The van der Waals surface area contributed by atoms with E-state index in [0.29, 0.717) is 0 Å². The summed E-state index contributed by atoms with van der Waals surface area (Å²) < 4.78 is 0.817. The van der Waals surface area contributed by atoms with Crippen molar-refractivity contribution in [2.45, 2.75) is 0 Å². The van der Waals surface area contributed by atoms with Crippen molar-refractivity contribution in [2.75, 3.05) is 0 Å². The highest BCUT2D eigenvalue weighted by atomic mass is 79.9. The Morgan fingerprint density at radius 3 is 2.58 bits per heavy atom. The average Bonchev–Trinajstić information content (AvgIpc) is 2.88. The van der Waals surface area contributed by atoms with E-state index in [0.717, 1.165) is 26.9 Å². The molecule has 0 bridgehead atoms. The molecule has 5 heteroatoms. The van der Waals surface area contributed by atoms with Crippen LogP contribution in [0.15, 0.2) is 53.4 Å². The molecule has 0 amide bonds. The molecule has 0 atom stereocenters. The molecule has 94 valence electrons. The van der Waals surface area contributed by atoms with Gasteiger partial charge in [-0.2, -0.15) is 5.10 Å². The van der Waals surface area contributed by atoms with Gasteiger partial charge in [0.15, 0.2) is 0 Å². The van der Waals surface area contributed by atoms with Crippen molar-refractivity contribution in [1.29, 1.82) is 0 Å². The van der Waals surface area contributed by atoms with Gasteiger partial charge in [-0.25, -0.2) is 0 Å². The van der Waals surface area contributed by atoms with Crippen LogP contribution in [0.25, 0.3) is 22.4 Å². The smallest absolute Gasteiger partial charge is 0.117 e. The number of hydrogen-bond donors (Lipinski definition) is 2. The van der Waals surface area contributed by atoms with Crippen molar-refractivity contribution < 1.29 is 5.11 Å². The lowest BCUT2D eigenvalue weighted by molar-refractivity contribution is 0.475. The lowest BCUT2D eigenvalue weighted by Crippen LogP contribution is -1.83. The molecule has 3 aromatic rings. The molecular formula is C14H10BrN3O. The Hall–Kier alpha value is -2.14. The quantitative estimate of drug-likeness (QED) is 0.759. The zero-order chi connectivity index (χ0) is 13.2. The van der Waals surface area contributed by atoms with E-state index in [1.54, 1.807) is 30.7 Å². The molecule has 1 aromatic carbocycles. The summed E-state index contributed by atoms with van der Waals surface area (Å²) in [5.74, 6) is 0.208. The summed E-state index contributed by atoms with van der Waals surface area (Å²) >= 11 is 3.38. The summed E-state index contributed by atoms with van der Waals surface area (Å²) in [6.45, 7) is 0. The van der Waals surface area contributed by atoms with Crippen molar-refractivity contribution in [3.8, 4) is 28.1 Å². The third kappa shape index (κ3) is 2.37. The first-order valence-corrected chi connectivity index (χ1v) is 6.47. The molecule has 2 aromatic heterocycles. The number of phenolic OH excluding ortho intramolecular Hbond substituents is 1. The Kier molecular flexibility index (Phi) is 3.05. The Morgan fingerprint density at radius 1 is 1.05 bits per heavy atom. The topological polar surface area (TPSA) is 61.8 Å². The fourth-order valence-electron chi connectivity index (χ4n) is 1.98. The number of nitrogens with zero attached hydrogens (tertiary/aromatic N) is 2. The maximum atomic E-state index is 9.68. The van der Waals surface area contributed by atoms with Gasteiger partial charge in [0, 0.05) is 28.0 Å². The number of rotatable bonds is 2. The lowest BCUT2D eigenvalue weighted by atomic mass is 10.0. The Bertz CT molecular complexity index is 689. The summed E-state index contributed by atoms with van der Waals surface area (Å²) in [4.78, 5) is 4.01. The number of hydrogen-bond acceptors (Lipinski definition) is 3. The minimum Gasteiger partial charge on any atom is -0.508 e. The van der Waals surface area contributed by atoms with Gasteiger partial charge in [0.05, 0.1) is 11.9 Å². The highest BCUT2D eigenvalue weighted by Gasteiger charge is 2.11. The highest BCUT2D eigenvalue weighted by molar-refractivity contribution is 9.10. The van der Waals surface area contributed by atoms with Gasteiger partial charge in [-0.15, -0.1) is 0 Å². The second-order valence-corrected chi connectivity index (χ2v) is 5.01. The number of H-pyrrole nitrogens is 1. The second kappa shape index (κ2) is 4.85. The van der Waals surface area contributed by atoms with Crippen LogP contribution in [0.5, 0.6) is 5.75 Å². The number of halogens is 1. The Morgan fingerprint density at radius 2 is 1.84 bits per heavy atom. The number of phenols is 1. The minimum atomic E-state index is 0.208. The number of aromatic amines is 1. The molecule has 0 aliphatic carbocycles. The minimum absolute atomic E-state index is 0.208. The lowest BCUT2D eigenvalue weighted by Gasteiger charge is -2.05. The van der Waals surface area contributed by atoms with E-state index in [1.165, 1.54) is 0 Å². The Labute approximate surface area is 118 Å². The van der Waals surface area contributed by atoms with Gasteiger partial charge in [0.1, 0.15) is 5.75 Å². The predicted molar refractivity (Wildman–Crippen MR) is 76.6 cm³/mol. The molecule has 19 heavy (non-hydrogen) atoms. The molecule has 0 saturated carbocycles. The summed E-state index contributed by atoms with van der Waals surface area (Å²) in [6, 6.07) is 9.12. The van der Waals surface area contributed by atoms with Crippen molar-refractivity contribution in [1.82, 2.24) is 15.2 Å². The first-order chi connectivity index (χ1) is 9.24. The summed E-state index contributed by atoms with van der Waals surface area (Å²) in [6.07, 6.45) is 5.25. The van der Waals surface area contributed by atoms with Crippen LogP contribution in [-0.2, 0) is 0 Å². The average molecular weight is 316 g/mol. The third-order valence-electron chi connectivity index (χ3n) is 2.80. The van der Waals surface area contributed by atoms with Crippen LogP contribution >= 0.6 is 15.9 Å². The second-order valence-electron chi connectivity index (χ2n) is 4.09. The number of nitrogens with one attached hydrogen (secondary N) is 1. The SMILES string of the molecule is Oc1cc(Br)cc(-c2[nH]ncc2-c2ccncc2)c1. The van der Waals surface area contributed by atoms with E-state index < -0.39 is 0 Å². The van der Waals surface area contributed by atoms with Gasteiger partial charge in [0.2, 0.25) is 0 Å². The van der Waals surface area contributed by atoms with Crippen molar-refractivity contribution in [3.63, 3.8) is 0 Å². The molecule has 3 rings (SSSR count). The first kappa shape index (κ1) is 11.9. The van der Waals surface area contributed by atoms with Gasteiger partial charge >= 0.3 is 0 Å². The molecule has 0 fully saturated rings. The van der Waals surface area contributed by atoms with Crippen molar-refractivity contribution in [3.05, 3.63) is 53.4 Å². The third-order valence-corrected chi connectivity index (χ3v) is 3.26. The predicted octanol–water partition coefficient (Wildman–Crippen LogP) is 3.61. The Balaban J connectivity index is 2.15. The monoisotopic (exact) mass is 315 g/mol. The van der Waals surface area contributed by atoms with E-state index in [9.17, 15) is 5.11 Å². The molecule has 2 heterocycles.